The van der Waals surface area contributed by atoms with Gasteiger partial charge in [0.1, 0.15) is 0 Å². The van der Waals surface area contributed by atoms with Crippen LogP contribution in [0.1, 0.15) is 42.6 Å². The summed E-state index contributed by atoms with van der Waals surface area (Å²) < 4.78 is 1.93. The first-order chi connectivity index (χ1) is 12.1. The fourth-order valence-electron chi connectivity index (χ4n) is 3.64. The van der Waals surface area contributed by atoms with Crippen LogP contribution in [0.5, 0.6) is 0 Å². The number of amides is 1. The van der Waals surface area contributed by atoms with Crippen LogP contribution in [0.15, 0.2) is 35.1 Å². The molecule has 0 radical (unpaired) electrons. The smallest absolute Gasteiger partial charge is 0.226 e. The lowest BCUT2D eigenvalue weighted by Crippen LogP contribution is -2.24. The van der Waals surface area contributed by atoms with Crippen molar-refractivity contribution in [2.45, 2.75) is 39.2 Å². The van der Waals surface area contributed by atoms with Gasteiger partial charge in [-0.15, -0.1) is 0 Å². The van der Waals surface area contributed by atoms with E-state index in [4.69, 9.17) is 0 Å². The normalized spacial score (nSPS) is 16.7. The van der Waals surface area contributed by atoms with E-state index >= 15 is 0 Å². The summed E-state index contributed by atoms with van der Waals surface area (Å²) in [6.45, 7) is 4.91. The van der Waals surface area contributed by atoms with E-state index in [2.05, 4.69) is 22.3 Å². The van der Waals surface area contributed by atoms with Crippen LogP contribution in [0.2, 0.25) is 0 Å². The Morgan fingerprint density at radius 1 is 1.28 bits per heavy atom. The number of carbonyl (C=O) groups excluding carboxylic acids is 1. The fraction of sp³-hybridized carbons (Fsp3) is 0.316. The van der Waals surface area contributed by atoms with Gasteiger partial charge in [0.2, 0.25) is 5.91 Å². The van der Waals surface area contributed by atoms with E-state index in [-0.39, 0.29) is 17.3 Å². The van der Waals surface area contributed by atoms with Crippen molar-refractivity contribution in [1.82, 2.24) is 14.8 Å². The second-order valence-corrected chi connectivity index (χ2v) is 6.51. The molecule has 0 bridgehead atoms. The Labute approximate surface area is 144 Å². The van der Waals surface area contributed by atoms with Gasteiger partial charge >= 0.3 is 0 Å². The summed E-state index contributed by atoms with van der Waals surface area (Å²) >= 11 is 0. The van der Waals surface area contributed by atoms with E-state index < -0.39 is 0 Å². The minimum Gasteiger partial charge on any atom is -0.358 e. The molecule has 3 aromatic rings. The minimum atomic E-state index is -0.188. The van der Waals surface area contributed by atoms with Gasteiger partial charge in [0, 0.05) is 52.8 Å². The standard InChI is InChI=1S/C19H20N4O2/c1-3-8-23-11(2)18-13(9-17(25)21-19(18)22-23)15-10-16(24)12-6-4-5-7-14(12)20-15/h4-7,10,13H,3,8-9H2,1-2H3,(H,20,24)(H,21,22,25)/t13-/m1/s1. The van der Waals surface area contributed by atoms with E-state index in [0.717, 1.165) is 35.4 Å². The van der Waals surface area contributed by atoms with Crippen LogP contribution in [-0.2, 0) is 11.3 Å². The number of fused-ring (bicyclic) bond motifs is 2. The number of para-hydroxylation sites is 1. The van der Waals surface area contributed by atoms with Crippen molar-refractivity contribution in [3.8, 4) is 0 Å². The van der Waals surface area contributed by atoms with Crippen molar-refractivity contribution in [2.24, 2.45) is 0 Å². The summed E-state index contributed by atoms with van der Waals surface area (Å²) in [4.78, 5) is 28.0. The molecule has 0 fully saturated rings. The first-order valence-corrected chi connectivity index (χ1v) is 8.57. The Morgan fingerprint density at radius 2 is 2.08 bits per heavy atom. The molecular weight excluding hydrogens is 316 g/mol. The SMILES string of the molecule is CCCn1nc2c(c1C)[C@@H](c1cc(=O)c3ccccc3[nH]1)CC(=O)N2. The van der Waals surface area contributed by atoms with Crippen LogP contribution >= 0.6 is 0 Å². The van der Waals surface area contributed by atoms with Gasteiger partial charge in [-0.3, -0.25) is 14.3 Å². The molecule has 0 unspecified atom stereocenters. The van der Waals surface area contributed by atoms with Crippen LogP contribution in [-0.4, -0.2) is 20.7 Å². The predicted molar refractivity (Wildman–Crippen MR) is 96.9 cm³/mol. The van der Waals surface area contributed by atoms with Crippen LogP contribution < -0.4 is 10.7 Å². The summed E-state index contributed by atoms with van der Waals surface area (Å²) in [6.07, 6.45) is 1.27. The van der Waals surface area contributed by atoms with Gasteiger partial charge in [-0.1, -0.05) is 19.1 Å². The van der Waals surface area contributed by atoms with Crippen molar-refractivity contribution in [2.75, 3.05) is 5.32 Å². The van der Waals surface area contributed by atoms with Gasteiger partial charge in [0.05, 0.1) is 0 Å². The first kappa shape index (κ1) is 15.6. The highest BCUT2D eigenvalue weighted by atomic mass is 16.1. The van der Waals surface area contributed by atoms with E-state index in [1.54, 1.807) is 6.07 Å². The summed E-state index contributed by atoms with van der Waals surface area (Å²) in [5.74, 6) is 0.348. The monoisotopic (exact) mass is 336 g/mol. The van der Waals surface area contributed by atoms with Crippen molar-refractivity contribution < 1.29 is 4.79 Å². The molecule has 0 spiro atoms. The molecule has 1 amide bonds. The lowest BCUT2D eigenvalue weighted by Gasteiger charge is -2.23. The third kappa shape index (κ3) is 2.54. The minimum absolute atomic E-state index is 0.0320. The van der Waals surface area contributed by atoms with Crippen molar-refractivity contribution in [3.63, 3.8) is 0 Å². The number of aromatic amines is 1. The first-order valence-electron chi connectivity index (χ1n) is 8.57. The van der Waals surface area contributed by atoms with Gasteiger partial charge in [0.15, 0.2) is 11.2 Å². The summed E-state index contributed by atoms with van der Waals surface area (Å²) in [5.41, 5.74) is 3.56. The Hall–Kier alpha value is -2.89. The number of nitrogens with one attached hydrogen (secondary N) is 2. The lowest BCUT2D eigenvalue weighted by atomic mass is 9.88. The number of H-pyrrole nitrogens is 1. The van der Waals surface area contributed by atoms with Crippen LogP contribution in [0.3, 0.4) is 0 Å². The Morgan fingerprint density at radius 3 is 2.88 bits per heavy atom. The second-order valence-electron chi connectivity index (χ2n) is 6.51. The van der Waals surface area contributed by atoms with E-state index in [1.807, 2.05) is 35.9 Å². The molecule has 1 aromatic carbocycles. The number of nitrogens with zero attached hydrogens (tertiary/aromatic N) is 2. The van der Waals surface area contributed by atoms with Gasteiger partial charge in [-0.05, 0) is 25.5 Å². The van der Waals surface area contributed by atoms with Crippen LogP contribution in [0, 0.1) is 6.92 Å². The quantitative estimate of drug-likeness (QED) is 0.772. The molecule has 25 heavy (non-hydrogen) atoms. The maximum atomic E-state index is 12.5. The maximum Gasteiger partial charge on any atom is 0.226 e. The van der Waals surface area contributed by atoms with Gasteiger partial charge < -0.3 is 10.3 Å². The van der Waals surface area contributed by atoms with Gasteiger partial charge in [-0.25, -0.2) is 0 Å². The van der Waals surface area contributed by atoms with Crippen molar-refractivity contribution in [3.05, 3.63) is 57.5 Å². The average molecular weight is 336 g/mol. The average Bonchev–Trinajstić information content (AvgIpc) is 2.90. The predicted octanol–water partition coefficient (Wildman–Crippen LogP) is 2.92. The number of anilines is 1. The topological polar surface area (TPSA) is 79.8 Å². The van der Waals surface area contributed by atoms with Crippen molar-refractivity contribution in [1.29, 1.82) is 0 Å². The van der Waals surface area contributed by atoms with Crippen molar-refractivity contribution >= 4 is 22.6 Å². The number of pyridine rings is 1. The molecule has 6 heteroatoms. The zero-order chi connectivity index (χ0) is 17.6. The molecule has 4 rings (SSSR count). The highest BCUT2D eigenvalue weighted by molar-refractivity contribution is 5.94. The largest absolute Gasteiger partial charge is 0.358 e. The Balaban J connectivity index is 1.89. The molecular formula is C19H20N4O2. The number of benzene rings is 1. The zero-order valence-corrected chi connectivity index (χ0v) is 14.3. The number of carbonyl (C=O) groups is 1. The number of rotatable bonds is 3. The molecule has 0 aliphatic carbocycles. The summed E-state index contributed by atoms with van der Waals surface area (Å²) in [6, 6.07) is 9.05. The van der Waals surface area contributed by atoms with Crippen LogP contribution in [0.4, 0.5) is 5.82 Å². The molecule has 3 heterocycles. The number of aryl methyl sites for hydroxylation is 1. The number of aromatic nitrogens is 3. The molecule has 0 saturated carbocycles. The van der Waals surface area contributed by atoms with Gasteiger partial charge in [0.25, 0.3) is 0 Å². The molecule has 1 aliphatic heterocycles. The van der Waals surface area contributed by atoms with E-state index in [0.29, 0.717) is 17.6 Å². The third-order valence-electron chi connectivity index (χ3n) is 4.82. The molecule has 2 aromatic heterocycles. The molecule has 2 N–H and O–H groups in total. The highest BCUT2D eigenvalue weighted by Crippen LogP contribution is 2.38. The lowest BCUT2D eigenvalue weighted by molar-refractivity contribution is -0.116. The summed E-state index contributed by atoms with van der Waals surface area (Å²) in [5, 5.41) is 8.07. The summed E-state index contributed by atoms with van der Waals surface area (Å²) in [7, 11) is 0. The number of hydrogen-bond donors (Lipinski definition) is 2. The second kappa shape index (κ2) is 5.88. The Bertz CT molecular complexity index is 1030. The van der Waals surface area contributed by atoms with Gasteiger partial charge in [-0.2, -0.15) is 5.10 Å². The Kier molecular flexibility index (Phi) is 3.67. The highest BCUT2D eigenvalue weighted by Gasteiger charge is 2.32. The third-order valence-corrected chi connectivity index (χ3v) is 4.82. The molecule has 1 atom stereocenters. The van der Waals surface area contributed by atoms with E-state index in [1.165, 1.54) is 0 Å². The number of hydrogen-bond acceptors (Lipinski definition) is 3. The maximum absolute atomic E-state index is 12.5. The van der Waals surface area contributed by atoms with E-state index in [9.17, 15) is 9.59 Å². The molecule has 128 valence electrons. The molecule has 6 nitrogen and oxygen atoms in total. The fourth-order valence-corrected chi connectivity index (χ4v) is 3.64. The molecule has 0 saturated heterocycles. The van der Waals surface area contributed by atoms with Crippen LogP contribution in [0.25, 0.3) is 10.9 Å². The molecule has 1 aliphatic rings. The zero-order valence-electron chi connectivity index (χ0n) is 14.3.